The van der Waals surface area contributed by atoms with Crippen LogP contribution in [0, 0.1) is 6.92 Å². The Kier molecular flexibility index (Phi) is 5.44. The van der Waals surface area contributed by atoms with Crippen molar-refractivity contribution in [2.24, 2.45) is 0 Å². The van der Waals surface area contributed by atoms with Crippen molar-refractivity contribution in [1.29, 1.82) is 0 Å². The van der Waals surface area contributed by atoms with Crippen LogP contribution in [0.4, 0.5) is 5.82 Å². The number of aromatic nitrogens is 3. The maximum absolute atomic E-state index is 12.5. The first kappa shape index (κ1) is 19.0. The van der Waals surface area contributed by atoms with Gasteiger partial charge in [-0.3, -0.25) is 4.79 Å². The molecule has 29 heavy (non-hydrogen) atoms. The van der Waals surface area contributed by atoms with Crippen molar-refractivity contribution >= 4 is 23.3 Å². The summed E-state index contributed by atoms with van der Waals surface area (Å²) in [6, 6.07) is 18.9. The Morgan fingerprint density at radius 2 is 1.97 bits per heavy atom. The number of carbonyl (C=O) groups is 1. The average molecular weight is 407 g/mol. The molecule has 146 valence electrons. The summed E-state index contributed by atoms with van der Waals surface area (Å²) in [5.74, 6) is 1.66. The largest absolute Gasteiger partial charge is 0.441 e. The molecular weight excluding hydrogens is 388 g/mol. The lowest BCUT2D eigenvalue weighted by atomic mass is 10.2. The zero-order chi connectivity index (χ0) is 20.2. The van der Waals surface area contributed by atoms with E-state index in [9.17, 15) is 4.79 Å². The Labute approximate surface area is 173 Å². The number of rotatable bonds is 6. The Bertz CT molecular complexity index is 1130. The first-order valence-corrected chi connectivity index (χ1v) is 9.59. The molecule has 1 amide bonds. The van der Waals surface area contributed by atoms with E-state index in [1.165, 1.54) is 0 Å². The summed E-state index contributed by atoms with van der Waals surface area (Å²) in [5.41, 5.74) is 2.53. The van der Waals surface area contributed by atoms with E-state index in [-0.39, 0.29) is 12.3 Å². The summed E-state index contributed by atoms with van der Waals surface area (Å²) < 4.78 is 7.42. The summed E-state index contributed by atoms with van der Waals surface area (Å²) in [6.07, 6.45) is 2.33. The number of hydrogen-bond acceptors (Lipinski definition) is 4. The molecule has 0 atom stereocenters. The van der Waals surface area contributed by atoms with Gasteiger partial charge >= 0.3 is 0 Å². The Balaban J connectivity index is 1.42. The van der Waals surface area contributed by atoms with Gasteiger partial charge in [-0.2, -0.15) is 5.10 Å². The van der Waals surface area contributed by atoms with Crippen LogP contribution in [0.2, 0.25) is 5.02 Å². The van der Waals surface area contributed by atoms with Crippen molar-refractivity contribution in [2.45, 2.75) is 19.8 Å². The molecule has 2 heterocycles. The molecule has 2 aromatic heterocycles. The zero-order valence-electron chi connectivity index (χ0n) is 15.8. The number of amides is 1. The van der Waals surface area contributed by atoms with Crippen LogP contribution in [0.5, 0.6) is 0 Å². The monoisotopic (exact) mass is 406 g/mol. The van der Waals surface area contributed by atoms with Crippen LogP contribution < -0.4 is 5.32 Å². The highest BCUT2D eigenvalue weighted by molar-refractivity contribution is 6.30. The molecule has 0 bridgehead atoms. The van der Waals surface area contributed by atoms with Gasteiger partial charge in [0.25, 0.3) is 0 Å². The van der Waals surface area contributed by atoms with Crippen molar-refractivity contribution in [1.82, 2.24) is 14.8 Å². The quantitative estimate of drug-likeness (QED) is 0.485. The van der Waals surface area contributed by atoms with Gasteiger partial charge in [-0.05, 0) is 25.1 Å². The molecule has 4 aromatic rings. The Morgan fingerprint density at radius 1 is 1.14 bits per heavy atom. The minimum Gasteiger partial charge on any atom is -0.441 e. The smallest absolute Gasteiger partial charge is 0.226 e. The molecule has 0 aliphatic carbocycles. The lowest BCUT2D eigenvalue weighted by Crippen LogP contribution is -2.15. The van der Waals surface area contributed by atoms with E-state index in [0.717, 1.165) is 16.9 Å². The molecule has 7 heteroatoms. The average Bonchev–Trinajstić information content (AvgIpc) is 3.34. The SMILES string of the molecule is Cc1cc(NC(=O)CCc2ncc(-c3ccccc3)o2)n(-c2cccc(Cl)c2)n1. The Morgan fingerprint density at radius 3 is 2.76 bits per heavy atom. The number of aryl methyl sites for hydroxylation is 2. The normalized spacial score (nSPS) is 10.8. The van der Waals surface area contributed by atoms with E-state index in [1.54, 1.807) is 23.0 Å². The first-order valence-electron chi connectivity index (χ1n) is 9.21. The van der Waals surface area contributed by atoms with Crippen LogP contribution in [-0.4, -0.2) is 20.7 Å². The van der Waals surface area contributed by atoms with Crippen molar-refractivity contribution in [2.75, 3.05) is 5.32 Å². The highest BCUT2D eigenvalue weighted by Crippen LogP contribution is 2.22. The fraction of sp³-hybridized carbons (Fsp3) is 0.136. The number of halogens is 1. The standard InChI is InChI=1S/C22H19ClN4O2/c1-15-12-20(27(26-15)18-9-5-8-17(23)13-18)25-21(28)10-11-22-24-14-19(29-22)16-6-3-2-4-7-16/h2-9,12-14H,10-11H2,1H3,(H,25,28). The van der Waals surface area contributed by atoms with Gasteiger partial charge in [0.15, 0.2) is 11.7 Å². The number of carbonyl (C=O) groups excluding carboxylic acids is 1. The van der Waals surface area contributed by atoms with Gasteiger partial charge in [0, 0.05) is 29.5 Å². The lowest BCUT2D eigenvalue weighted by Gasteiger charge is -2.09. The summed E-state index contributed by atoms with van der Waals surface area (Å²) in [6.45, 7) is 1.87. The van der Waals surface area contributed by atoms with Crippen molar-refractivity contribution in [3.8, 4) is 17.0 Å². The van der Waals surface area contributed by atoms with E-state index in [1.807, 2.05) is 55.5 Å². The van der Waals surface area contributed by atoms with Crippen LogP contribution in [0.25, 0.3) is 17.0 Å². The number of oxazole rings is 1. The highest BCUT2D eigenvalue weighted by Gasteiger charge is 2.13. The molecule has 6 nitrogen and oxygen atoms in total. The van der Waals surface area contributed by atoms with Crippen LogP contribution in [0.1, 0.15) is 18.0 Å². The molecule has 0 spiro atoms. The molecular formula is C22H19ClN4O2. The lowest BCUT2D eigenvalue weighted by molar-refractivity contribution is -0.116. The number of benzene rings is 2. The zero-order valence-corrected chi connectivity index (χ0v) is 16.6. The van der Waals surface area contributed by atoms with Crippen LogP contribution in [0.3, 0.4) is 0 Å². The second kappa shape index (κ2) is 8.32. The molecule has 0 fully saturated rings. The van der Waals surface area contributed by atoms with Crippen LogP contribution >= 0.6 is 11.6 Å². The maximum atomic E-state index is 12.5. The predicted octanol–water partition coefficient (Wildman–Crippen LogP) is 5.06. The molecule has 1 N–H and O–H groups in total. The number of anilines is 1. The topological polar surface area (TPSA) is 73.0 Å². The second-order valence-electron chi connectivity index (χ2n) is 6.60. The second-order valence-corrected chi connectivity index (χ2v) is 7.03. The van der Waals surface area contributed by atoms with Gasteiger partial charge in [-0.25, -0.2) is 9.67 Å². The van der Waals surface area contributed by atoms with Gasteiger partial charge in [0.1, 0.15) is 5.82 Å². The van der Waals surface area contributed by atoms with E-state index < -0.39 is 0 Å². The molecule has 4 rings (SSSR count). The minimum absolute atomic E-state index is 0.146. The molecule has 0 unspecified atom stereocenters. The van der Waals surface area contributed by atoms with Crippen LogP contribution in [-0.2, 0) is 11.2 Å². The van der Waals surface area contributed by atoms with Gasteiger partial charge in [-0.15, -0.1) is 0 Å². The number of hydrogen-bond donors (Lipinski definition) is 1. The van der Waals surface area contributed by atoms with Crippen LogP contribution in [0.15, 0.2) is 71.3 Å². The summed E-state index contributed by atoms with van der Waals surface area (Å²) >= 11 is 6.08. The molecule has 0 aliphatic heterocycles. The van der Waals surface area contributed by atoms with E-state index in [0.29, 0.717) is 28.9 Å². The fourth-order valence-corrected chi connectivity index (χ4v) is 3.17. The van der Waals surface area contributed by atoms with Gasteiger partial charge in [0.2, 0.25) is 5.91 Å². The fourth-order valence-electron chi connectivity index (χ4n) is 2.98. The summed E-state index contributed by atoms with van der Waals surface area (Å²) in [5, 5.41) is 7.95. The summed E-state index contributed by atoms with van der Waals surface area (Å²) in [7, 11) is 0. The van der Waals surface area contributed by atoms with Gasteiger partial charge in [-0.1, -0.05) is 48.0 Å². The van der Waals surface area contributed by atoms with Crippen molar-refractivity contribution in [3.05, 3.63) is 83.5 Å². The highest BCUT2D eigenvalue weighted by atomic mass is 35.5. The molecule has 2 aromatic carbocycles. The minimum atomic E-state index is -0.146. The molecule has 0 aliphatic rings. The molecule has 0 radical (unpaired) electrons. The third kappa shape index (κ3) is 4.55. The number of nitrogens with one attached hydrogen (secondary N) is 1. The van der Waals surface area contributed by atoms with Gasteiger partial charge < -0.3 is 9.73 Å². The van der Waals surface area contributed by atoms with E-state index >= 15 is 0 Å². The number of nitrogens with zero attached hydrogens (tertiary/aromatic N) is 3. The predicted molar refractivity (Wildman–Crippen MR) is 112 cm³/mol. The third-order valence-electron chi connectivity index (χ3n) is 4.33. The van der Waals surface area contributed by atoms with Gasteiger partial charge in [0.05, 0.1) is 17.6 Å². The third-order valence-corrected chi connectivity index (χ3v) is 4.56. The first-order chi connectivity index (χ1) is 14.1. The molecule has 0 saturated heterocycles. The van der Waals surface area contributed by atoms with E-state index in [4.69, 9.17) is 16.0 Å². The Hall–Kier alpha value is -3.38. The van der Waals surface area contributed by atoms with Crippen molar-refractivity contribution in [3.63, 3.8) is 0 Å². The maximum Gasteiger partial charge on any atom is 0.226 e. The van der Waals surface area contributed by atoms with Crippen molar-refractivity contribution < 1.29 is 9.21 Å². The molecule has 0 saturated carbocycles. The summed E-state index contributed by atoms with van der Waals surface area (Å²) in [4.78, 5) is 16.7. The van der Waals surface area contributed by atoms with E-state index in [2.05, 4.69) is 15.4 Å².